The van der Waals surface area contributed by atoms with Gasteiger partial charge in [0.15, 0.2) is 0 Å². The molecule has 116 valence electrons. The Morgan fingerprint density at radius 1 is 1.33 bits per heavy atom. The van der Waals surface area contributed by atoms with Crippen LogP contribution in [0.5, 0.6) is 0 Å². The number of benzene rings is 1. The summed E-state index contributed by atoms with van der Waals surface area (Å²) >= 11 is 0. The second-order valence-electron chi connectivity index (χ2n) is 6.06. The quantitative estimate of drug-likeness (QED) is 0.927. The van der Waals surface area contributed by atoms with Crippen molar-refractivity contribution >= 4 is 5.91 Å². The highest BCUT2D eigenvalue weighted by molar-refractivity contribution is 5.79. The Bertz CT molecular complexity index is 474. The molecular formula is C17H25FN2O. The van der Waals surface area contributed by atoms with Gasteiger partial charge in [0.2, 0.25) is 5.91 Å². The summed E-state index contributed by atoms with van der Waals surface area (Å²) in [5.74, 6) is 0.253. The number of amides is 1. The Kier molecular flexibility index (Phi) is 5.34. The molecule has 3 unspecified atom stereocenters. The molecule has 3 atom stereocenters. The molecule has 1 aliphatic carbocycles. The number of halogens is 1. The minimum atomic E-state index is -0.254. The number of rotatable bonds is 4. The van der Waals surface area contributed by atoms with Gasteiger partial charge in [0.05, 0.1) is 6.04 Å². The molecule has 4 heteroatoms. The highest BCUT2D eigenvalue weighted by Crippen LogP contribution is 2.32. The summed E-state index contributed by atoms with van der Waals surface area (Å²) in [7, 11) is 1.83. The number of carbonyl (C=O) groups is 1. The van der Waals surface area contributed by atoms with Crippen LogP contribution in [-0.2, 0) is 4.79 Å². The third-order valence-corrected chi connectivity index (χ3v) is 4.81. The van der Waals surface area contributed by atoms with Crippen molar-refractivity contribution in [3.8, 4) is 0 Å². The summed E-state index contributed by atoms with van der Waals surface area (Å²) in [5, 5.41) is 0. The molecular weight excluding hydrogens is 267 g/mol. The molecule has 0 saturated heterocycles. The van der Waals surface area contributed by atoms with E-state index in [9.17, 15) is 9.18 Å². The summed E-state index contributed by atoms with van der Waals surface area (Å²) in [6, 6.07) is 6.30. The average molecular weight is 292 g/mol. The van der Waals surface area contributed by atoms with Crippen LogP contribution in [0.1, 0.15) is 44.2 Å². The zero-order valence-corrected chi connectivity index (χ0v) is 12.9. The number of nitrogens with two attached hydrogens (primary N) is 1. The number of nitrogens with zero attached hydrogens (tertiary/aromatic N) is 1. The first-order chi connectivity index (χ1) is 10.0. The number of hydrogen-bond acceptors (Lipinski definition) is 2. The fraction of sp³-hybridized carbons (Fsp3) is 0.588. The monoisotopic (exact) mass is 292 g/mol. The lowest BCUT2D eigenvalue weighted by molar-refractivity contribution is -0.139. The summed E-state index contributed by atoms with van der Waals surface area (Å²) in [5.41, 5.74) is 6.77. The Labute approximate surface area is 126 Å². The van der Waals surface area contributed by atoms with Crippen LogP contribution in [0, 0.1) is 17.7 Å². The minimum Gasteiger partial charge on any atom is -0.339 e. The molecule has 0 aromatic heterocycles. The molecule has 3 nitrogen and oxygen atoms in total. The minimum absolute atomic E-state index is 0.0386. The van der Waals surface area contributed by atoms with Crippen LogP contribution in [0.25, 0.3) is 0 Å². The van der Waals surface area contributed by atoms with Crippen molar-refractivity contribution in [2.24, 2.45) is 17.6 Å². The van der Waals surface area contributed by atoms with Crippen LogP contribution in [-0.4, -0.2) is 24.4 Å². The molecule has 1 aromatic rings. The van der Waals surface area contributed by atoms with Gasteiger partial charge < -0.3 is 10.6 Å². The molecule has 21 heavy (non-hydrogen) atoms. The van der Waals surface area contributed by atoms with Crippen LogP contribution in [0.3, 0.4) is 0 Å². The fourth-order valence-corrected chi connectivity index (χ4v) is 3.23. The second kappa shape index (κ2) is 7.03. The molecule has 0 radical (unpaired) electrons. The van der Waals surface area contributed by atoms with E-state index in [1.54, 1.807) is 17.0 Å². The van der Waals surface area contributed by atoms with Crippen molar-refractivity contribution in [3.63, 3.8) is 0 Å². The number of hydrogen-bond donors (Lipinski definition) is 1. The van der Waals surface area contributed by atoms with E-state index in [-0.39, 0.29) is 23.7 Å². The third kappa shape index (κ3) is 3.62. The van der Waals surface area contributed by atoms with Gasteiger partial charge in [-0.3, -0.25) is 4.79 Å². The SMILES string of the molecule is CC(c1ccc(F)cc1)N(C)C(=O)C1CCCCC1CN. The van der Waals surface area contributed by atoms with Gasteiger partial charge in [0.1, 0.15) is 5.82 Å². The largest absolute Gasteiger partial charge is 0.339 e. The summed E-state index contributed by atoms with van der Waals surface area (Å²) in [4.78, 5) is 14.5. The molecule has 1 fully saturated rings. The van der Waals surface area contributed by atoms with Gasteiger partial charge in [-0.2, -0.15) is 0 Å². The molecule has 1 amide bonds. The highest BCUT2D eigenvalue weighted by Gasteiger charge is 2.33. The summed E-state index contributed by atoms with van der Waals surface area (Å²) < 4.78 is 13.0. The molecule has 1 aromatic carbocycles. The first-order valence-electron chi connectivity index (χ1n) is 7.76. The van der Waals surface area contributed by atoms with E-state index < -0.39 is 0 Å². The van der Waals surface area contributed by atoms with Crippen LogP contribution in [0.4, 0.5) is 4.39 Å². The Balaban J connectivity index is 2.08. The van der Waals surface area contributed by atoms with Crippen LogP contribution in [0.15, 0.2) is 24.3 Å². The van der Waals surface area contributed by atoms with Crippen molar-refractivity contribution < 1.29 is 9.18 Å². The van der Waals surface area contributed by atoms with Crippen LogP contribution >= 0.6 is 0 Å². The summed E-state index contributed by atoms with van der Waals surface area (Å²) in [6.45, 7) is 2.56. The van der Waals surface area contributed by atoms with Gasteiger partial charge in [-0.05, 0) is 49.9 Å². The van der Waals surface area contributed by atoms with Crippen LogP contribution < -0.4 is 5.73 Å². The van der Waals surface area contributed by atoms with E-state index in [2.05, 4.69) is 0 Å². The van der Waals surface area contributed by atoms with Gasteiger partial charge in [-0.25, -0.2) is 4.39 Å². The average Bonchev–Trinajstić information content (AvgIpc) is 2.53. The summed E-state index contributed by atoms with van der Waals surface area (Å²) in [6.07, 6.45) is 4.25. The molecule has 0 spiro atoms. The molecule has 0 heterocycles. The predicted molar refractivity (Wildman–Crippen MR) is 82.1 cm³/mol. The fourth-order valence-electron chi connectivity index (χ4n) is 3.23. The zero-order valence-electron chi connectivity index (χ0n) is 12.9. The topological polar surface area (TPSA) is 46.3 Å². The molecule has 1 aliphatic rings. The van der Waals surface area contributed by atoms with Gasteiger partial charge in [-0.15, -0.1) is 0 Å². The lowest BCUT2D eigenvalue weighted by Gasteiger charge is -2.35. The molecule has 0 aliphatic heterocycles. The molecule has 2 N–H and O–H groups in total. The number of carbonyl (C=O) groups excluding carboxylic acids is 1. The maximum Gasteiger partial charge on any atom is 0.226 e. The normalized spacial score (nSPS) is 23.6. The first kappa shape index (κ1) is 16.0. The zero-order chi connectivity index (χ0) is 15.4. The van der Waals surface area contributed by atoms with Crippen molar-refractivity contribution in [1.29, 1.82) is 0 Å². The standard InChI is InChI=1S/C17H25FN2O/c1-12(13-7-9-15(18)10-8-13)20(2)17(21)16-6-4-3-5-14(16)11-19/h7-10,12,14,16H,3-6,11,19H2,1-2H3. The molecule has 1 saturated carbocycles. The van der Waals surface area contributed by atoms with E-state index in [0.717, 1.165) is 24.8 Å². The van der Waals surface area contributed by atoms with E-state index in [1.807, 2.05) is 14.0 Å². The maximum absolute atomic E-state index is 13.0. The second-order valence-corrected chi connectivity index (χ2v) is 6.06. The highest BCUT2D eigenvalue weighted by atomic mass is 19.1. The Morgan fingerprint density at radius 2 is 1.95 bits per heavy atom. The predicted octanol–water partition coefficient (Wildman–Crippen LogP) is 3.11. The Hall–Kier alpha value is -1.42. The van der Waals surface area contributed by atoms with E-state index in [1.165, 1.54) is 18.6 Å². The van der Waals surface area contributed by atoms with Gasteiger partial charge >= 0.3 is 0 Å². The van der Waals surface area contributed by atoms with Crippen molar-refractivity contribution in [3.05, 3.63) is 35.6 Å². The smallest absolute Gasteiger partial charge is 0.226 e. The molecule has 0 bridgehead atoms. The van der Waals surface area contributed by atoms with E-state index in [0.29, 0.717) is 12.5 Å². The van der Waals surface area contributed by atoms with Crippen molar-refractivity contribution in [2.75, 3.05) is 13.6 Å². The van der Waals surface area contributed by atoms with E-state index in [4.69, 9.17) is 5.73 Å². The molecule has 2 rings (SSSR count). The maximum atomic E-state index is 13.0. The van der Waals surface area contributed by atoms with E-state index >= 15 is 0 Å². The van der Waals surface area contributed by atoms with Crippen LogP contribution in [0.2, 0.25) is 0 Å². The lowest BCUT2D eigenvalue weighted by Crippen LogP contribution is -2.41. The van der Waals surface area contributed by atoms with Crippen molar-refractivity contribution in [2.45, 2.75) is 38.6 Å². The Morgan fingerprint density at radius 3 is 2.57 bits per heavy atom. The first-order valence-corrected chi connectivity index (χ1v) is 7.76. The van der Waals surface area contributed by atoms with Gasteiger partial charge in [-0.1, -0.05) is 25.0 Å². The lowest BCUT2D eigenvalue weighted by atomic mass is 9.78. The third-order valence-electron chi connectivity index (χ3n) is 4.81. The van der Waals surface area contributed by atoms with Crippen molar-refractivity contribution in [1.82, 2.24) is 4.90 Å². The van der Waals surface area contributed by atoms with Gasteiger partial charge in [0, 0.05) is 13.0 Å². The van der Waals surface area contributed by atoms with Gasteiger partial charge in [0.25, 0.3) is 0 Å².